The van der Waals surface area contributed by atoms with Gasteiger partial charge >= 0.3 is 0 Å². The molecule has 2 aliphatic heterocycles. The summed E-state index contributed by atoms with van der Waals surface area (Å²) in [6, 6.07) is -0.00172. The van der Waals surface area contributed by atoms with Crippen LogP contribution in [0, 0.1) is 12.8 Å². The van der Waals surface area contributed by atoms with Gasteiger partial charge in [0, 0.05) is 32.8 Å². The number of carboxylic acid groups (broad SMARTS) is 1. The van der Waals surface area contributed by atoms with Crippen LogP contribution in [0.1, 0.15) is 36.8 Å². The highest BCUT2D eigenvalue weighted by molar-refractivity contribution is 5.80. The van der Waals surface area contributed by atoms with Crippen molar-refractivity contribution in [1.82, 2.24) is 24.7 Å². The third-order valence-electron chi connectivity index (χ3n) is 5.77. The largest absolute Gasteiger partial charge is 0.483 e. The number of rotatable bonds is 5. The minimum atomic E-state index is -0.250. The second kappa shape index (κ2) is 11.7. The van der Waals surface area contributed by atoms with Gasteiger partial charge in [-0.25, -0.2) is 4.98 Å². The van der Waals surface area contributed by atoms with Crippen LogP contribution in [0.15, 0.2) is 4.79 Å². The van der Waals surface area contributed by atoms with Crippen LogP contribution in [0.3, 0.4) is 0 Å². The Morgan fingerprint density at radius 2 is 1.94 bits per heavy atom. The van der Waals surface area contributed by atoms with Crippen molar-refractivity contribution in [2.45, 2.75) is 45.8 Å². The van der Waals surface area contributed by atoms with Crippen LogP contribution >= 0.6 is 0 Å². The fourth-order valence-electron chi connectivity index (χ4n) is 4.14. The Labute approximate surface area is 187 Å². The summed E-state index contributed by atoms with van der Waals surface area (Å²) in [7, 11) is 3.67. The van der Waals surface area contributed by atoms with E-state index in [-0.39, 0.29) is 42.4 Å². The van der Waals surface area contributed by atoms with E-state index in [1.807, 2.05) is 14.0 Å². The highest BCUT2D eigenvalue weighted by Gasteiger charge is 2.34. The molecule has 3 rings (SSSR count). The Kier molecular flexibility index (Phi) is 9.33. The third kappa shape index (κ3) is 6.36. The van der Waals surface area contributed by atoms with E-state index < -0.39 is 0 Å². The molecule has 0 aromatic carbocycles. The van der Waals surface area contributed by atoms with Crippen molar-refractivity contribution in [3.8, 4) is 0 Å². The first-order valence-corrected chi connectivity index (χ1v) is 10.7. The minimum Gasteiger partial charge on any atom is -0.483 e. The number of ether oxygens (including phenoxy) is 1. The zero-order chi connectivity index (χ0) is 23.8. The number of carbonyl (C=O) groups excluding carboxylic acids is 2. The Bertz CT molecular complexity index is 886. The molecule has 11 nitrogen and oxygen atoms in total. The highest BCUT2D eigenvalue weighted by atomic mass is 16.5. The number of hydrogen-bond donors (Lipinski definition) is 2. The molecule has 2 atom stereocenters. The van der Waals surface area contributed by atoms with Crippen molar-refractivity contribution < 1.29 is 24.2 Å². The fourth-order valence-corrected chi connectivity index (χ4v) is 4.14. The Morgan fingerprint density at radius 3 is 2.59 bits per heavy atom. The van der Waals surface area contributed by atoms with Gasteiger partial charge in [-0.15, -0.1) is 0 Å². The van der Waals surface area contributed by atoms with Gasteiger partial charge in [0.1, 0.15) is 12.4 Å². The molecule has 0 aliphatic carbocycles. The van der Waals surface area contributed by atoms with Crippen LogP contribution in [-0.2, 0) is 39.3 Å². The van der Waals surface area contributed by atoms with Crippen LogP contribution in [0.25, 0.3) is 0 Å². The Morgan fingerprint density at radius 1 is 1.25 bits per heavy atom. The van der Waals surface area contributed by atoms with Gasteiger partial charge in [-0.05, 0) is 33.7 Å². The molecule has 3 heterocycles. The summed E-state index contributed by atoms with van der Waals surface area (Å²) in [5.41, 5.74) is 1.26. The third-order valence-corrected chi connectivity index (χ3v) is 5.77. The Hall–Kier alpha value is -2.79. The average Bonchev–Trinajstić information content (AvgIpc) is 3.08. The number of likely N-dealkylation sites (N-methyl/N-ethyl adjacent to an activating group) is 1. The summed E-state index contributed by atoms with van der Waals surface area (Å²) in [5.74, 6) is 0.425. The molecule has 1 aromatic heterocycles. The van der Waals surface area contributed by atoms with E-state index in [4.69, 9.17) is 14.6 Å². The number of nitrogens with one attached hydrogen (secondary N) is 1. The molecule has 0 bridgehead atoms. The van der Waals surface area contributed by atoms with Crippen LogP contribution in [-0.4, -0.2) is 82.1 Å². The number of fused-ring (bicyclic) bond motifs is 1. The molecule has 0 radical (unpaired) electrons. The van der Waals surface area contributed by atoms with Crippen LogP contribution in [0.4, 0.5) is 0 Å². The summed E-state index contributed by atoms with van der Waals surface area (Å²) >= 11 is 0. The molecule has 32 heavy (non-hydrogen) atoms. The molecule has 1 saturated heterocycles. The quantitative estimate of drug-likeness (QED) is 0.572. The second-order valence-electron chi connectivity index (χ2n) is 8.15. The van der Waals surface area contributed by atoms with Gasteiger partial charge in [0.15, 0.2) is 0 Å². The molecule has 2 aliphatic rings. The average molecular weight is 452 g/mol. The first kappa shape index (κ1) is 25.5. The maximum atomic E-state index is 13.2. The molecule has 0 unspecified atom stereocenters. The van der Waals surface area contributed by atoms with E-state index in [9.17, 15) is 14.4 Å². The molecule has 0 saturated carbocycles. The predicted octanol–water partition coefficient (Wildman–Crippen LogP) is -0.505. The van der Waals surface area contributed by atoms with E-state index in [2.05, 4.69) is 15.2 Å². The number of hydrogen-bond acceptors (Lipinski definition) is 7. The van der Waals surface area contributed by atoms with Gasteiger partial charge in [0.2, 0.25) is 11.8 Å². The lowest BCUT2D eigenvalue weighted by Gasteiger charge is -2.24. The molecule has 2 amide bonds. The lowest BCUT2D eigenvalue weighted by molar-refractivity contribution is -0.136. The SMILES string of the molecule is CCOCC(=O)N[C@H]1CC[C@@H](C(=O)N2Cc3nc(C)n(C)c(=O)c3C2)CN(C)C1.O=CO. The first-order valence-electron chi connectivity index (χ1n) is 10.7. The van der Waals surface area contributed by atoms with Crippen molar-refractivity contribution in [3.63, 3.8) is 0 Å². The molecule has 0 spiro atoms. The number of likely N-dealkylation sites (tertiary alicyclic amines) is 1. The van der Waals surface area contributed by atoms with Crippen molar-refractivity contribution >= 4 is 18.3 Å². The number of aromatic nitrogens is 2. The van der Waals surface area contributed by atoms with E-state index >= 15 is 0 Å². The molecule has 178 valence electrons. The standard InChI is InChI=1S/C20H31N5O4.CH2O2/c1-5-29-12-18(26)22-15-7-6-14(8-23(3)9-15)19(27)25-10-16-17(11-25)21-13(2)24(4)20(16)28;2-1-3/h14-15H,5-12H2,1-4H3,(H,22,26);1H,(H,2,3)/t14-,15+;/m1./s1. The summed E-state index contributed by atoms with van der Waals surface area (Å²) < 4.78 is 6.69. The monoisotopic (exact) mass is 451 g/mol. The van der Waals surface area contributed by atoms with Gasteiger partial charge in [0.25, 0.3) is 12.0 Å². The molecule has 11 heteroatoms. The zero-order valence-electron chi connectivity index (χ0n) is 19.2. The van der Waals surface area contributed by atoms with E-state index in [1.54, 1.807) is 18.9 Å². The van der Waals surface area contributed by atoms with Crippen molar-refractivity contribution in [2.24, 2.45) is 13.0 Å². The summed E-state index contributed by atoms with van der Waals surface area (Å²) in [5, 5.41) is 9.89. The lowest BCUT2D eigenvalue weighted by atomic mass is 10.0. The smallest absolute Gasteiger partial charge is 0.290 e. The second-order valence-corrected chi connectivity index (χ2v) is 8.15. The van der Waals surface area contributed by atoms with Gasteiger partial charge < -0.3 is 25.0 Å². The van der Waals surface area contributed by atoms with Crippen LogP contribution < -0.4 is 10.9 Å². The summed E-state index contributed by atoms with van der Waals surface area (Å²) in [6.45, 7) is 6.01. The zero-order valence-corrected chi connectivity index (χ0v) is 19.2. The Balaban J connectivity index is 0.00000114. The number of amides is 2. The highest BCUT2D eigenvalue weighted by Crippen LogP contribution is 2.24. The number of carbonyl (C=O) groups is 3. The van der Waals surface area contributed by atoms with Gasteiger partial charge in [-0.3, -0.25) is 23.7 Å². The van der Waals surface area contributed by atoms with Gasteiger partial charge in [-0.1, -0.05) is 0 Å². The van der Waals surface area contributed by atoms with Gasteiger partial charge in [-0.2, -0.15) is 0 Å². The van der Waals surface area contributed by atoms with Crippen molar-refractivity contribution in [1.29, 1.82) is 0 Å². The maximum absolute atomic E-state index is 13.2. The van der Waals surface area contributed by atoms with Crippen molar-refractivity contribution in [3.05, 3.63) is 27.4 Å². The number of aryl methyl sites for hydroxylation is 1. The molecular formula is C21H33N5O6. The number of nitrogens with zero attached hydrogens (tertiary/aromatic N) is 4. The minimum absolute atomic E-state index is 0.00172. The van der Waals surface area contributed by atoms with Gasteiger partial charge in [0.05, 0.1) is 30.3 Å². The maximum Gasteiger partial charge on any atom is 0.290 e. The first-order chi connectivity index (χ1) is 15.2. The molecule has 1 fully saturated rings. The van der Waals surface area contributed by atoms with Crippen LogP contribution in [0.2, 0.25) is 0 Å². The molecular weight excluding hydrogens is 418 g/mol. The fraction of sp³-hybridized carbons (Fsp3) is 0.667. The molecule has 2 N–H and O–H groups in total. The van der Waals surface area contributed by atoms with E-state index in [0.29, 0.717) is 56.3 Å². The normalized spacial score (nSPS) is 20.6. The topological polar surface area (TPSA) is 134 Å². The summed E-state index contributed by atoms with van der Waals surface area (Å²) in [4.78, 5) is 54.3. The summed E-state index contributed by atoms with van der Waals surface area (Å²) in [6.07, 6.45) is 1.43. The molecule has 1 aromatic rings. The van der Waals surface area contributed by atoms with Crippen molar-refractivity contribution in [2.75, 3.05) is 33.4 Å². The predicted molar refractivity (Wildman–Crippen MR) is 116 cm³/mol. The lowest BCUT2D eigenvalue weighted by Crippen LogP contribution is -2.43. The van der Waals surface area contributed by atoms with Crippen LogP contribution in [0.5, 0.6) is 0 Å². The van der Waals surface area contributed by atoms with E-state index in [1.165, 1.54) is 4.57 Å². The van der Waals surface area contributed by atoms with E-state index in [0.717, 1.165) is 6.42 Å².